The van der Waals surface area contributed by atoms with Crippen LogP contribution in [0.3, 0.4) is 0 Å². The Hall–Kier alpha value is -1.22. The Kier molecular flexibility index (Phi) is 4.98. The molecule has 1 atom stereocenters. The summed E-state index contributed by atoms with van der Waals surface area (Å²) in [5, 5.41) is 3.40. The normalized spacial score (nSPS) is 12.4. The van der Waals surface area contributed by atoms with Crippen molar-refractivity contribution >= 4 is 11.4 Å². The molecule has 0 aliphatic rings. The number of anilines is 2. The first-order chi connectivity index (χ1) is 7.27. The van der Waals surface area contributed by atoms with Crippen LogP contribution in [-0.2, 0) is 4.74 Å². The Morgan fingerprint density at radius 2 is 2.13 bits per heavy atom. The van der Waals surface area contributed by atoms with Gasteiger partial charge in [0.1, 0.15) is 0 Å². The van der Waals surface area contributed by atoms with Gasteiger partial charge >= 0.3 is 0 Å². The summed E-state index contributed by atoms with van der Waals surface area (Å²) in [4.78, 5) is 0. The van der Waals surface area contributed by atoms with Crippen molar-refractivity contribution in [1.29, 1.82) is 0 Å². The van der Waals surface area contributed by atoms with Gasteiger partial charge in [0.25, 0.3) is 0 Å². The SMILES string of the molecule is CCCC(COC)Nc1ccccc1N. The van der Waals surface area contributed by atoms with Crippen LogP contribution in [0.15, 0.2) is 24.3 Å². The summed E-state index contributed by atoms with van der Waals surface area (Å²) in [5.74, 6) is 0. The monoisotopic (exact) mass is 208 g/mol. The highest BCUT2D eigenvalue weighted by atomic mass is 16.5. The molecule has 0 saturated carbocycles. The first kappa shape index (κ1) is 11.9. The highest BCUT2D eigenvalue weighted by Gasteiger charge is 2.08. The van der Waals surface area contributed by atoms with Gasteiger partial charge in [-0.1, -0.05) is 25.5 Å². The van der Waals surface area contributed by atoms with Crippen LogP contribution >= 0.6 is 0 Å². The molecule has 0 aliphatic carbocycles. The van der Waals surface area contributed by atoms with E-state index >= 15 is 0 Å². The maximum atomic E-state index is 5.86. The number of nitrogen functional groups attached to an aromatic ring is 1. The van der Waals surface area contributed by atoms with E-state index in [9.17, 15) is 0 Å². The molecule has 0 fully saturated rings. The van der Waals surface area contributed by atoms with Crippen molar-refractivity contribution in [2.75, 3.05) is 24.8 Å². The van der Waals surface area contributed by atoms with E-state index in [-0.39, 0.29) is 0 Å². The molecule has 0 spiro atoms. The number of rotatable bonds is 6. The average Bonchev–Trinajstić information content (AvgIpc) is 2.22. The van der Waals surface area contributed by atoms with Gasteiger partial charge in [-0.3, -0.25) is 0 Å². The Morgan fingerprint density at radius 3 is 2.73 bits per heavy atom. The van der Waals surface area contributed by atoms with E-state index in [4.69, 9.17) is 10.5 Å². The van der Waals surface area contributed by atoms with E-state index < -0.39 is 0 Å². The van der Waals surface area contributed by atoms with E-state index in [2.05, 4.69) is 12.2 Å². The van der Waals surface area contributed by atoms with Crippen molar-refractivity contribution in [3.63, 3.8) is 0 Å². The van der Waals surface area contributed by atoms with Gasteiger partial charge in [0.2, 0.25) is 0 Å². The van der Waals surface area contributed by atoms with Crippen LogP contribution < -0.4 is 11.1 Å². The first-order valence-corrected chi connectivity index (χ1v) is 5.38. The zero-order chi connectivity index (χ0) is 11.1. The molecule has 0 aliphatic heterocycles. The topological polar surface area (TPSA) is 47.3 Å². The Balaban J connectivity index is 2.60. The average molecular weight is 208 g/mol. The standard InChI is InChI=1S/C12H20N2O/c1-3-6-10(9-15-2)14-12-8-5-4-7-11(12)13/h4-5,7-8,10,14H,3,6,9,13H2,1-2H3. The second-order valence-electron chi connectivity index (χ2n) is 3.67. The van der Waals surface area contributed by atoms with E-state index in [1.165, 1.54) is 0 Å². The second-order valence-corrected chi connectivity index (χ2v) is 3.67. The maximum absolute atomic E-state index is 5.86. The zero-order valence-corrected chi connectivity index (χ0v) is 9.49. The third-order valence-corrected chi connectivity index (χ3v) is 2.33. The van der Waals surface area contributed by atoms with Crippen LogP contribution in [-0.4, -0.2) is 19.8 Å². The van der Waals surface area contributed by atoms with Crippen LogP contribution in [0.1, 0.15) is 19.8 Å². The minimum Gasteiger partial charge on any atom is -0.397 e. The molecule has 1 unspecified atom stereocenters. The number of para-hydroxylation sites is 2. The number of nitrogens with one attached hydrogen (secondary N) is 1. The lowest BCUT2D eigenvalue weighted by Crippen LogP contribution is -2.25. The summed E-state index contributed by atoms with van der Waals surface area (Å²) in [5.41, 5.74) is 7.64. The zero-order valence-electron chi connectivity index (χ0n) is 9.49. The van der Waals surface area contributed by atoms with Gasteiger partial charge in [0, 0.05) is 13.2 Å². The first-order valence-electron chi connectivity index (χ1n) is 5.38. The van der Waals surface area contributed by atoms with E-state index in [1.54, 1.807) is 7.11 Å². The van der Waals surface area contributed by atoms with Gasteiger partial charge in [-0.05, 0) is 18.6 Å². The summed E-state index contributed by atoms with van der Waals surface area (Å²) in [6.45, 7) is 2.88. The van der Waals surface area contributed by atoms with E-state index in [0.29, 0.717) is 12.6 Å². The highest BCUT2D eigenvalue weighted by Crippen LogP contribution is 2.18. The number of ether oxygens (including phenoxy) is 1. The molecule has 0 radical (unpaired) electrons. The van der Waals surface area contributed by atoms with Crippen molar-refractivity contribution in [3.8, 4) is 0 Å². The van der Waals surface area contributed by atoms with Gasteiger partial charge in [-0.25, -0.2) is 0 Å². The minimum atomic E-state index is 0.338. The van der Waals surface area contributed by atoms with Crippen molar-refractivity contribution in [2.24, 2.45) is 0 Å². The molecule has 84 valence electrons. The number of nitrogens with two attached hydrogens (primary N) is 1. The molecular formula is C12H20N2O. The molecule has 15 heavy (non-hydrogen) atoms. The molecule has 3 N–H and O–H groups in total. The fourth-order valence-electron chi connectivity index (χ4n) is 1.60. The molecule has 0 saturated heterocycles. The number of hydrogen-bond donors (Lipinski definition) is 2. The van der Waals surface area contributed by atoms with Gasteiger partial charge in [-0.15, -0.1) is 0 Å². The van der Waals surface area contributed by atoms with Crippen molar-refractivity contribution < 1.29 is 4.74 Å². The van der Waals surface area contributed by atoms with Crippen molar-refractivity contribution in [3.05, 3.63) is 24.3 Å². The van der Waals surface area contributed by atoms with Gasteiger partial charge in [-0.2, -0.15) is 0 Å². The predicted octanol–water partition coefficient (Wildman–Crippen LogP) is 2.50. The third kappa shape index (κ3) is 3.80. The summed E-state index contributed by atoms with van der Waals surface area (Å²) in [6.07, 6.45) is 2.22. The molecule has 0 bridgehead atoms. The smallest absolute Gasteiger partial charge is 0.0664 e. The van der Waals surface area contributed by atoms with Crippen LogP contribution in [0.5, 0.6) is 0 Å². The quantitative estimate of drug-likeness (QED) is 0.706. The molecule has 1 rings (SSSR count). The number of benzene rings is 1. The van der Waals surface area contributed by atoms with Crippen LogP contribution in [0, 0.1) is 0 Å². The molecule has 1 aromatic rings. The molecule has 0 aromatic heterocycles. The predicted molar refractivity (Wildman–Crippen MR) is 65.0 cm³/mol. The maximum Gasteiger partial charge on any atom is 0.0664 e. The number of hydrogen-bond acceptors (Lipinski definition) is 3. The second kappa shape index (κ2) is 6.30. The van der Waals surface area contributed by atoms with Gasteiger partial charge in [0.15, 0.2) is 0 Å². The molecular weight excluding hydrogens is 188 g/mol. The van der Waals surface area contributed by atoms with Crippen LogP contribution in [0.4, 0.5) is 11.4 Å². The lowest BCUT2D eigenvalue weighted by molar-refractivity contribution is 0.182. The molecule has 3 nitrogen and oxygen atoms in total. The van der Waals surface area contributed by atoms with Crippen molar-refractivity contribution in [1.82, 2.24) is 0 Å². The largest absolute Gasteiger partial charge is 0.397 e. The van der Waals surface area contributed by atoms with E-state index in [1.807, 2.05) is 24.3 Å². The Labute approximate surface area is 91.6 Å². The Morgan fingerprint density at radius 1 is 1.40 bits per heavy atom. The third-order valence-electron chi connectivity index (χ3n) is 2.33. The van der Waals surface area contributed by atoms with Crippen molar-refractivity contribution in [2.45, 2.75) is 25.8 Å². The molecule has 3 heteroatoms. The summed E-state index contributed by atoms with van der Waals surface area (Å²) in [6, 6.07) is 8.15. The lowest BCUT2D eigenvalue weighted by atomic mass is 10.1. The lowest BCUT2D eigenvalue weighted by Gasteiger charge is -2.19. The Bertz CT molecular complexity index is 283. The molecule has 0 amide bonds. The summed E-state index contributed by atoms with van der Waals surface area (Å²) >= 11 is 0. The van der Waals surface area contributed by atoms with Crippen LogP contribution in [0.25, 0.3) is 0 Å². The van der Waals surface area contributed by atoms with Crippen LogP contribution in [0.2, 0.25) is 0 Å². The molecule has 0 heterocycles. The fraction of sp³-hybridized carbons (Fsp3) is 0.500. The summed E-state index contributed by atoms with van der Waals surface area (Å²) in [7, 11) is 1.72. The fourth-order valence-corrected chi connectivity index (χ4v) is 1.60. The number of methoxy groups -OCH3 is 1. The van der Waals surface area contributed by atoms with Gasteiger partial charge < -0.3 is 15.8 Å². The van der Waals surface area contributed by atoms with Gasteiger partial charge in [0.05, 0.1) is 18.0 Å². The highest BCUT2D eigenvalue weighted by molar-refractivity contribution is 5.65. The summed E-state index contributed by atoms with van der Waals surface area (Å²) < 4.78 is 5.17. The minimum absolute atomic E-state index is 0.338. The van der Waals surface area contributed by atoms with E-state index in [0.717, 1.165) is 24.2 Å². The molecule has 1 aromatic carbocycles.